The molecule has 1 heterocycles. The number of benzene rings is 2. The van der Waals surface area contributed by atoms with Crippen molar-refractivity contribution in [3.63, 3.8) is 0 Å². The maximum atomic E-state index is 13.9. The van der Waals surface area contributed by atoms with Crippen LogP contribution in [-0.2, 0) is 11.3 Å². The molecule has 2 aromatic rings. The average molecular weight is 370 g/mol. The lowest BCUT2D eigenvalue weighted by Gasteiger charge is -2.32. The van der Waals surface area contributed by atoms with Crippen LogP contribution in [0.4, 0.5) is 4.39 Å². The van der Waals surface area contributed by atoms with E-state index < -0.39 is 5.82 Å². The summed E-state index contributed by atoms with van der Waals surface area (Å²) in [6, 6.07) is 13.4. The summed E-state index contributed by atoms with van der Waals surface area (Å²) in [6.45, 7) is 1.26. The molecule has 1 fully saturated rings. The van der Waals surface area contributed by atoms with Crippen LogP contribution in [0.2, 0.25) is 0 Å². The number of carbonyl (C=O) groups is 2. The zero-order chi connectivity index (χ0) is 19.2. The van der Waals surface area contributed by atoms with Gasteiger partial charge in [0.15, 0.2) is 0 Å². The second-order valence-corrected chi connectivity index (χ2v) is 6.64. The fourth-order valence-electron chi connectivity index (χ4n) is 3.26. The van der Waals surface area contributed by atoms with Gasteiger partial charge in [-0.1, -0.05) is 24.3 Å². The Bertz CT molecular complexity index is 807. The Morgan fingerprint density at radius 2 is 1.93 bits per heavy atom. The van der Waals surface area contributed by atoms with Crippen LogP contribution < -0.4 is 10.1 Å². The molecule has 0 aromatic heterocycles. The highest BCUT2D eigenvalue weighted by atomic mass is 19.1. The summed E-state index contributed by atoms with van der Waals surface area (Å²) in [6.07, 6.45) is 1.44. The lowest BCUT2D eigenvalue weighted by molar-refractivity contribution is -0.126. The van der Waals surface area contributed by atoms with E-state index in [1.807, 2.05) is 24.3 Å². The molecule has 5 nitrogen and oxygen atoms in total. The highest BCUT2D eigenvalue weighted by Gasteiger charge is 2.29. The third kappa shape index (κ3) is 4.64. The quantitative estimate of drug-likeness (QED) is 0.880. The Kier molecular flexibility index (Phi) is 6.06. The third-order valence-electron chi connectivity index (χ3n) is 4.81. The van der Waals surface area contributed by atoms with Gasteiger partial charge < -0.3 is 15.0 Å². The van der Waals surface area contributed by atoms with Gasteiger partial charge in [-0.05, 0) is 42.7 Å². The molecule has 0 bridgehead atoms. The smallest absolute Gasteiger partial charge is 0.256 e. The molecule has 3 rings (SSSR count). The Balaban J connectivity index is 1.57. The van der Waals surface area contributed by atoms with Crippen molar-refractivity contribution in [1.29, 1.82) is 0 Å². The third-order valence-corrected chi connectivity index (χ3v) is 4.81. The van der Waals surface area contributed by atoms with E-state index in [0.717, 1.165) is 24.2 Å². The first-order valence-electron chi connectivity index (χ1n) is 9.03. The molecule has 1 N–H and O–H groups in total. The zero-order valence-corrected chi connectivity index (χ0v) is 15.3. The molecule has 2 amide bonds. The molecule has 0 saturated carbocycles. The van der Waals surface area contributed by atoms with Crippen molar-refractivity contribution in [2.75, 3.05) is 20.2 Å². The topological polar surface area (TPSA) is 58.6 Å². The van der Waals surface area contributed by atoms with E-state index in [4.69, 9.17) is 4.74 Å². The summed E-state index contributed by atoms with van der Waals surface area (Å²) in [5.74, 6) is -0.501. The minimum Gasteiger partial charge on any atom is -0.497 e. The van der Waals surface area contributed by atoms with Crippen molar-refractivity contribution in [2.24, 2.45) is 5.92 Å². The van der Waals surface area contributed by atoms with Crippen molar-refractivity contribution in [3.05, 3.63) is 65.5 Å². The van der Waals surface area contributed by atoms with E-state index in [2.05, 4.69) is 5.32 Å². The van der Waals surface area contributed by atoms with E-state index in [1.54, 1.807) is 24.1 Å². The van der Waals surface area contributed by atoms with E-state index >= 15 is 0 Å². The summed E-state index contributed by atoms with van der Waals surface area (Å²) in [4.78, 5) is 26.7. The van der Waals surface area contributed by atoms with Gasteiger partial charge in [-0.15, -0.1) is 0 Å². The lowest BCUT2D eigenvalue weighted by Crippen LogP contribution is -2.45. The number of amides is 2. The number of piperidine rings is 1. The van der Waals surface area contributed by atoms with Crippen LogP contribution in [0.15, 0.2) is 48.5 Å². The standard InChI is InChI=1S/C21H23FN2O3/c1-27-17-10-8-15(9-11-17)13-23-20(25)16-5-4-12-24(14-16)21(26)18-6-2-3-7-19(18)22/h2-3,6-11,16H,4-5,12-14H2,1H3,(H,23,25). The fraction of sp³-hybridized carbons (Fsp3) is 0.333. The van der Waals surface area contributed by atoms with E-state index in [1.165, 1.54) is 12.1 Å². The SMILES string of the molecule is COc1ccc(CNC(=O)C2CCCN(C(=O)c3ccccc3F)C2)cc1. The number of methoxy groups -OCH3 is 1. The van der Waals surface area contributed by atoms with Crippen LogP contribution >= 0.6 is 0 Å². The highest BCUT2D eigenvalue weighted by molar-refractivity contribution is 5.95. The van der Waals surface area contributed by atoms with E-state index in [-0.39, 0.29) is 23.3 Å². The second kappa shape index (κ2) is 8.66. The molecular weight excluding hydrogens is 347 g/mol. The Labute approximate surface area is 158 Å². The fourth-order valence-corrected chi connectivity index (χ4v) is 3.26. The predicted molar refractivity (Wildman–Crippen MR) is 99.9 cm³/mol. The highest BCUT2D eigenvalue weighted by Crippen LogP contribution is 2.20. The molecular formula is C21H23FN2O3. The number of nitrogens with zero attached hydrogens (tertiary/aromatic N) is 1. The molecule has 1 aliphatic heterocycles. The van der Waals surface area contributed by atoms with Crippen LogP contribution in [0.5, 0.6) is 5.75 Å². The van der Waals surface area contributed by atoms with Gasteiger partial charge in [-0.3, -0.25) is 9.59 Å². The predicted octanol–water partition coefficient (Wildman–Crippen LogP) is 3.00. The van der Waals surface area contributed by atoms with Crippen LogP contribution in [-0.4, -0.2) is 36.9 Å². The number of carbonyl (C=O) groups excluding carboxylic acids is 2. The molecule has 1 unspecified atom stereocenters. The van der Waals surface area contributed by atoms with Gasteiger partial charge in [0.25, 0.3) is 5.91 Å². The summed E-state index contributed by atoms with van der Waals surface area (Å²) >= 11 is 0. The van der Waals surface area contributed by atoms with Crippen molar-refractivity contribution in [2.45, 2.75) is 19.4 Å². The summed E-state index contributed by atoms with van der Waals surface area (Å²) in [5.41, 5.74) is 1.02. The zero-order valence-electron chi connectivity index (χ0n) is 15.3. The molecule has 1 saturated heterocycles. The maximum absolute atomic E-state index is 13.9. The largest absolute Gasteiger partial charge is 0.497 e. The van der Waals surface area contributed by atoms with E-state index in [0.29, 0.717) is 19.6 Å². The molecule has 1 aliphatic rings. The number of ether oxygens (including phenoxy) is 1. The van der Waals surface area contributed by atoms with Gasteiger partial charge in [0.1, 0.15) is 11.6 Å². The van der Waals surface area contributed by atoms with Crippen LogP contribution in [0.1, 0.15) is 28.8 Å². The maximum Gasteiger partial charge on any atom is 0.256 e. The number of hydrogen-bond donors (Lipinski definition) is 1. The number of hydrogen-bond acceptors (Lipinski definition) is 3. The normalized spacial score (nSPS) is 16.7. The minimum absolute atomic E-state index is 0.0526. The number of rotatable bonds is 5. The molecule has 142 valence electrons. The first-order valence-corrected chi connectivity index (χ1v) is 9.03. The minimum atomic E-state index is -0.534. The van der Waals surface area contributed by atoms with Crippen LogP contribution in [0, 0.1) is 11.7 Å². The Morgan fingerprint density at radius 1 is 1.19 bits per heavy atom. The van der Waals surface area contributed by atoms with Crippen LogP contribution in [0.25, 0.3) is 0 Å². The number of nitrogens with one attached hydrogen (secondary N) is 1. The first-order chi connectivity index (χ1) is 13.1. The summed E-state index contributed by atoms with van der Waals surface area (Å²) in [5, 5.41) is 2.92. The molecule has 1 atom stereocenters. The number of halogens is 1. The molecule has 27 heavy (non-hydrogen) atoms. The van der Waals surface area contributed by atoms with Gasteiger partial charge in [0.05, 0.1) is 18.6 Å². The van der Waals surface area contributed by atoms with Gasteiger partial charge in [0, 0.05) is 19.6 Å². The molecule has 6 heteroatoms. The lowest BCUT2D eigenvalue weighted by atomic mass is 9.96. The molecule has 0 spiro atoms. The van der Waals surface area contributed by atoms with Crippen LogP contribution in [0.3, 0.4) is 0 Å². The summed E-state index contributed by atoms with van der Waals surface area (Å²) < 4.78 is 19.0. The Morgan fingerprint density at radius 3 is 2.63 bits per heavy atom. The van der Waals surface area contributed by atoms with Crippen molar-refractivity contribution >= 4 is 11.8 Å². The monoisotopic (exact) mass is 370 g/mol. The number of likely N-dealkylation sites (tertiary alicyclic amines) is 1. The van der Waals surface area contributed by atoms with Crippen molar-refractivity contribution in [1.82, 2.24) is 10.2 Å². The van der Waals surface area contributed by atoms with Gasteiger partial charge in [0.2, 0.25) is 5.91 Å². The average Bonchev–Trinajstić information content (AvgIpc) is 2.72. The van der Waals surface area contributed by atoms with Crippen molar-refractivity contribution in [3.8, 4) is 5.75 Å². The van der Waals surface area contributed by atoms with Crippen molar-refractivity contribution < 1.29 is 18.7 Å². The van der Waals surface area contributed by atoms with Gasteiger partial charge in [-0.25, -0.2) is 4.39 Å². The Hall–Kier alpha value is -2.89. The molecule has 2 aromatic carbocycles. The summed E-state index contributed by atoms with van der Waals surface area (Å²) in [7, 11) is 1.61. The molecule has 0 radical (unpaired) electrons. The van der Waals surface area contributed by atoms with Gasteiger partial charge in [-0.2, -0.15) is 0 Å². The van der Waals surface area contributed by atoms with E-state index in [9.17, 15) is 14.0 Å². The van der Waals surface area contributed by atoms with Gasteiger partial charge >= 0.3 is 0 Å². The first kappa shape index (κ1) is 18.9. The second-order valence-electron chi connectivity index (χ2n) is 6.64. The molecule has 0 aliphatic carbocycles.